The standard InChI is InChI=1S/C13H14Br2N2S/c1-7-3-4-9(5-8(7)2)12(17-16)11-6-10(14)13(15)18-11/h3-6,12,17H,16H2,1-2H3. The molecule has 18 heavy (non-hydrogen) atoms. The molecule has 0 aliphatic heterocycles. The second-order valence-electron chi connectivity index (χ2n) is 4.21. The number of rotatable bonds is 3. The molecule has 2 nitrogen and oxygen atoms in total. The van der Waals surface area contributed by atoms with Crippen LogP contribution in [0.2, 0.25) is 0 Å². The molecule has 1 unspecified atom stereocenters. The van der Waals surface area contributed by atoms with E-state index in [-0.39, 0.29) is 6.04 Å². The van der Waals surface area contributed by atoms with Gasteiger partial charge in [-0.3, -0.25) is 5.84 Å². The van der Waals surface area contributed by atoms with Crippen LogP contribution in [-0.4, -0.2) is 0 Å². The summed E-state index contributed by atoms with van der Waals surface area (Å²) in [5.74, 6) is 5.71. The molecule has 5 heteroatoms. The van der Waals surface area contributed by atoms with Crippen molar-refractivity contribution in [2.45, 2.75) is 19.9 Å². The summed E-state index contributed by atoms with van der Waals surface area (Å²) in [5.41, 5.74) is 6.65. The van der Waals surface area contributed by atoms with E-state index in [1.807, 2.05) is 0 Å². The maximum atomic E-state index is 5.71. The van der Waals surface area contributed by atoms with Gasteiger partial charge in [-0.1, -0.05) is 18.2 Å². The quantitative estimate of drug-likeness (QED) is 0.601. The minimum Gasteiger partial charge on any atom is -0.271 e. The van der Waals surface area contributed by atoms with Crippen LogP contribution in [0.3, 0.4) is 0 Å². The molecule has 0 aliphatic rings. The van der Waals surface area contributed by atoms with E-state index in [4.69, 9.17) is 5.84 Å². The van der Waals surface area contributed by atoms with Gasteiger partial charge in [-0.25, -0.2) is 5.43 Å². The van der Waals surface area contributed by atoms with Gasteiger partial charge in [-0.2, -0.15) is 0 Å². The monoisotopic (exact) mass is 388 g/mol. The van der Waals surface area contributed by atoms with Gasteiger partial charge in [-0.05, 0) is 68.5 Å². The number of hydrazine groups is 1. The molecule has 0 bridgehead atoms. The van der Waals surface area contributed by atoms with E-state index in [1.165, 1.54) is 21.6 Å². The minimum absolute atomic E-state index is 0.0249. The fraction of sp³-hybridized carbons (Fsp3) is 0.231. The van der Waals surface area contributed by atoms with Crippen LogP contribution < -0.4 is 11.3 Å². The van der Waals surface area contributed by atoms with Crippen molar-refractivity contribution in [2.24, 2.45) is 5.84 Å². The molecule has 2 aromatic rings. The van der Waals surface area contributed by atoms with E-state index in [2.05, 4.69) is 75.4 Å². The summed E-state index contributed by atoms with van der Waals surface area (Å²) in [4.78, 5) is 1.18. The van der Waals surface area contributed by atoms with E-state index in [0.717, 1.165) is 8.26 Å². The smallest absolute Gasteiger partial charge is 0.0843 e. The van der Waals surface area contributed by atoms with Crippen LogP contribution in [0.15, 0.2) is 32.5 Å². The second-order valence-corrected chi connectivity index (χ2v) is 7.47. The van der Waals surface area contributed by atoms with Gasteiger partial charge < -0.3 is 0 Å². The molecule has 0 radical (unpaired) electrons. The van der Waals surface area contributed by atoms with Gasteiger partial charge in [-0.15, -0.1) is 11.3 Å². The van der Waals surface area contributed by atoms with E-state index in [0.29, 0.717) is 0 Å². The van der Waals surface area contributed by atoms with E-state index < -0.39 is 0 Å². The lowest BCUT2D eigenvalue weighted by atomic mass is 10.0. The van der Waals surface area contributed by atoms with Crippen LogP contribution in [0.1, 0.15) is 27.6 Å². The van der Waals surface area contributed by atoms with Crippen molar-refractivity contribution in [3.05, 3.63) is 54.1 Å². The molecule has 2 rings (SSSR count). The summed E-state index contributed by atoms with van der Waals surface area (Å²) in [6.07, 6.45) is 0. The van der Waals surface area contributed by atoms with Gasteiger partial charge in [0.2, 0.25) is 0 Å². The summed E-state index contributed by atoms with van der Waals surface area (Å²) in [5, 5.41) is 0. The third-order valence-electron chi connectivity index (χ3n) is 2.98. The van der Waals surface area contributed by atoms with Crippen LogP contribution in [0.4, 0.5) is 0 Å². The highest BCUT2D eigenvalue weighted by Crippen LogP contribution is 2.37. The average molecular weight is 390 g/mol. The third-order valence-corrected chi connectivity index (χ3v) is 6.30. The number of benzene rings is 1. The van der Waals surface area contributed by atoms with Gasteiger partial charge >= 0.3 is 0 Å². The molecule has 0 aliphatic carbocycles. The highest BCUT2D eigenvalue weighted by Gasteiger charge is 2.17. The Morgan fingerprint density at radius 3 is 2.39 bits per heavy atom. The predicted molar refractivity (Wildman–Crippen MR) is 84.8 cm³/mol. The van der Waals surface area contributed by atoms with Crippen molar-refractivity contribution < 1.29 is 0 Å². The van der Waals surface area contributed by atoms with Crippen LogP contribution in [0, 0.1) is 13.8 Å². The van der Waals surface area contributed by atoms with Gasteiger partial charge in [0.25, 0.3) is 0 Å². The van der Waals surface area contributed by atoms with Crippen molar-refractivity contribution in [1.82, 2.24) is 5.43 Å². The first kappa shape index (κ1) is 14.2. The molecule has 1 aromatic carbocycles. The molecule has 0 fully saturated rings. The Morgan fingerprint density at radius 2 is 1.89 bits per heavy atom. The Hall–Kier alpha value is -0.200. The van der Waals surface area contributed by atoms with Crippen LogP contribution in [0.25, 0.3) is 0 Å². The largest absolute Gasteiger partial charge is 0.271 e. The first-order chi connectivity index (χ1) is 8.52. The van der Waals surface area contributed by atoms with Gasteiger partial charge in [0.15, 0.2) is 0 Å². The summed E-state index contributed by atoms with van der Waals surface area (Å²) < 4.78 is 2.15. The second kappa shape index (κ2) is 5.84. The highest BCUT2D eigenvalue weighted by molar-refractivity contribution is 9.13. The maximum absolute atomic E-state index is 5.71. The number of thiophene rings is 1. The zero-order valence-corrected chi connectivity index (χ0v) is 14.1. The fourth-order valence-corrected chi connectivity index (χ4v) is 3.97. The van der Waals surface area contributed by atoms with E-state index >= 15 is 0 Å². The van der Waals surface area contributed by atoms with Crippen LogP contribution in [0.5, 0.6) is 0 Å². The number of halogens is 2. The van der Waals surface area contributed by atoms with Crippen LogP contribution in [-0.2, 0) is 0 Å². The number of nitrogens with one attached hydrogen (secondary N) is 1. The Morgan fingerprint density at radius 1 is 1.17 bits per heavy atom. The fourth-order valence-electron chi connectivity index (χ4n) is 1.79. The zero-order chi connectivity index (χ0) is 13.3. The number of nitrogens with two attached hydrogens (primary N) is 1. The molecule has 0 saturated heterocycles. The summed E-state index contributed by atoms with van der Waals surface area (Å²) in [6, 6.07) is 8.55. The molecule has 0 amide bonds. The van der Waals surface area contributed by atoms with Crippen LogP contribution >= 0.6 is 43.2 Å². The lowest BCUT2D eigenvalue weighted by Gasteiger charge is -2.16. The van der Waals surface area contributed by atoms with Crippen molar-refractivity contribution >= 4 is 43.2 Å². The van der Waals surface area contributed by atoms with Crippen molar-refractivity contribution in [3.63, 3.8) is 0 Å². The third kappa shape index (κ3) is 2.86. The average Bonchev–Trinajstić information content (AvgIpc) is 2.65. The van der Waals surface area contributed by atoms with Gasteiger partial charge in [0.05, 0.1) is 9.83 Å². The lowest BCUT2D eigenvalue weighted by Crippen LogP contribution is -2.28. The number of aryl methyl sites for hydroxylation is 2. The summed E-state index contributed by atoms with van der Waals surface area (Å²) in [7, 11) is 0. The molecular formula is C13H14Br2N2S. The molecule has 0 saturated carbocycles. The topological polar surface area (TPSA) is 38.0 Å². The van der Waals surface area contributed by atoms with Crippen molar-refractivity contribution in [1.29, 1.82) is 0 Å². The number of hydrogen-bond acceptors (Lipinski definition) is 3. The molecular weight excluding hydrogens is 376 g/mol. The zero-order valence-electron chi connectivity index (χ0n) is 10.1. The first-order valence-corrected chi connectivity index (χ1v) is 7.91. The molecule has 1 atom stereocenters. The summed E-state index contributed by atoms with van der Waals surface area (Å²) in [6.45, 7) is 4.23. The maximum Gasteiger partial charge on any atom is 0.0843 e. The molecule has 0 spiro atoms. The SMILES string of the molecule is Cc1ccc(C(NN)c2cc(Br)c(Br)s2)cc1C. The molecule has 1 heterocycles. The first-order valence-electron chi connectivity index (χ1n) is 5.51. The minimum atomic E-state index is 0.0249. The molecule has 96 valence electrons. The van der Waals surface area contributed by atoms with Crippen molar-refractivity contribution in [3.8, 4) is 0 Å². The lowest BCUT2D eigenvalue weighted by molar-refractivity contribution is 0.646. The summed E-state index contributed by atoms with van der Waals surface area (Å²) >= 11 is 8.70. The van der Waals surface area contributed by atoms with Gasteiger partial charge in [0, 0.05) is 9.35 Å². The molecule has 3 N–H and O–H groups in total. The van der Waals surface area contributed by atoms with Gasteiger partial charge in [0.1, 0.15) is 0 Å². The number of hydrogen-bond donors (Lipinski definition) is 2. The Kier molecular flexibility index (Phi) is 4.61. The Labute approximate surface area is 128 Å². The molecule has 1 aromatic heterocycles. The Balaban J connectivity index is 2.41. The Bertz CT molecular complexity index is 547. The van der Waals surface area contributed by atoms with E-state index in [1.54, 1.807) is 11.3 Å². The van der Waals surface area contributed by atoms with Crippen molar-refractivity contribution in [2.75, 3.05) is 0 Å². The van der Waals surface area contributed by atoms with E-state index in [9.17, 15) is 0 Å². The highest BCUT2D eigenvalue weighted by atomic mass is 79.9. The predicted octanol–water partition coefficient (Wildman–Crippen LogP) is 4.44. The normalized spacial score (nSPS) is 12.7.